The third-order valence-corrected chi connectivity index (χ3v) is 5.23. The van der Waals surface area contributed by atoms with Crippen LogP contribution in [-0.2, 0) is 4.74 Å². The van der Waals surface area contributed by atoms with E-state index in [-0.39, 0.29) is 24.0 Å². The van der Waals surface area contributed by atoms with Crippen LogP contribution in [0, 0.1) is 11.8 Å². The Morgan fingerprint density at radius 2 is 1.80 bits per heavy atom. The quantitative estimate of drug-likeness (QED) is 0.283. The van der Waals surface area contributed by atoms with Gasteiger partial charge >= 0.3 is 0 Å². The van der Waals surface area contributed by atoms with E-state index >= 15 is 0 Å². The number of guanidine groups is 1. The van der Waals surface area contributed by atoms with E-state index in [1.165, 1.54) is 32.5 Å². The molecule has 0 aromatic heterocycles. The molecule has 0 aromatic rings. The van der Waals surface area contributed by atoms with Gasteiger partial charge in [-0.05, 0) is 51.0 Å². The predicted molar refractivity (Wildman–Crippen MR) is 117 cm³/mol. The summed E-state index contributed by atoms with van der Waals surface area (Å²) < 4.78 is 5.74. The Kier molecular flexibility index (Phi) is 11.3. The van der Waals surface area contributed by atoms with Crippen LogP contribution in [0.4, 0.5) is 0 Å². The molecule has 2 fully saturated rings. The highest BCUT2D eigenvalue weighted by molar-refractivity contribution is 14.0. The molecule has 0 saturated carbocycles. The molecule has 2 heterocycles. The van der Waals surface area contributed by atoms with Crippen molar-refractivity contribution < 1.29 is 4.74 Å². The molecule has 0 aliphatic carbocycles. The fourth-order valence-electron chi connectivity index (χ4n) is 4.28. The molecule has 0 radical (unpaired) electrons. The zero-order chi connectivity index (χ0) is 17.4. The summed E-state index contributed by atoms with van der Waals surface area (Å²) in [5, 5.41) is 3.56. The summed E-state index contributed by atoms with van der Waals surface area (Å²) >= 11 is 0. The van der Waals surface area contributed by atoms with E-state index in [2.05, 4.69) is 40.9 Å². The number of likely N-dealkylation sites (tertiary alicyclic amines) is 2. The lowest BCUT2D eigenvalue weighted by Gasteiger charge is -2.35. The topological polar surface area (TPSA) is 40.1 Å². The van der Waals surface area contributed by atoms with Crippen LogP contribution in [-0.4, -0.2) is 74.8 Å². The molecule has 25 heavy (non-hydrogen) atoms. The summed E-state index contributed by atoms with van der Waals surface area (Å²) in [6, 6.07) is 0. The molecule has 1 N–H and O–H groups in total. The monoisotopic (exact) mass is 466 g/mol. The van der Waals surface area contributed by atoms with Gasteiger partial charge in [-0.25, -0.2) is 0 Å². The van der Waals surface area contributed by atoms with Crippen LogP contribution in [0.2, 0.25) is 0 Å². The maximum atomic E-state index is 5.74. The number of hydrogen-bond acceptors (Lipinski definition) is 3. The first-order valence-corrected chi connectivity index (χ1v) is 9.91. The van der Waals surface area contributed by atoms with Gasteiger partial charge in [0.05, 0.1) is 6.10 Å². The molecule has 0 spiro atoms. The van der Waals surface area contributed by atoms with Crippen molar-refractivity contribution in [1.82, 2.24) is 15.1 Å². The van der Waals surface area contributed by atoms with Gasteiger partial charge in [-0.1, -0.05) is 13.8 Å². The molecule has 2 aliphatic rings. The smallest absolute Gasteiger partial charge is 0.193 e. The van der Waals surface area contributed by atoms with Crippen LogP contribution in [0.25, 0.3) is 0 Å². The average Bonchev–Trinajstić information content (AvgIpc) is 2.55. The standard InChI is InChI=1S/C19H38N4O.HI/c1-5-24-18-7-11-23(12-8-18)19(20-4)21-9-6-10-22-14-16(2)13-17(3)15-22;/h16-18H,5-15H2,1-4H3,(H,20,21);1H. The second-order valence-corrected chi connectivity index (χ2v) is 7.67. The first-order valence-electron chi connectivity index (χ1n) is 9.91. The summed E-state index contributed by atoms with van der Waals surface area (Å²) in [6.45, 7) is 14.5. The maximum Gasteiger partial charge on any atom is 0.193 e. The van der Waals surface area contributed by atoms with E-state index in [1.807, 2.05) is 7.05 Å². The second-order valence-electron chi connectivity index (χ2n) is 7.67. The number of nitrogens with one attached hydrogen (secondary N) is 1. The lowest BCUT2D eigenvalue weighted by atomic mass is 9.92. The Bertz CT molecular complexity index is 376. The lowest BCUT2D eigenvalue weighted by molar-refractivity contribution is 0.0263. The van der Waals surface area contributed by atoms with E-state index in [1.54, 1.807) is 0 Å². The van der Waals surface area contributed by atoms with Gasteiger partial charge in [-0.3, -0.25) is 4.99 Å². The number of halogens is 1. The largest absolute Gasteiger partial charge is 0.378 e. The zero-order valence-electron chi connectivity index (χ0n) is 16.7. The van der Waals surface area contributed by atoms with E-state index in [0.717, 1.165) is 56.9 Å². The lowest BCUT2D eigenvalue weighted by Crippen LogP contribution is -2.47. The van der Waals surface area contributed by atoms with Crippen molar-refractivity contribution in [3.05, 3.63) is 0 Å². The minimum Gasteiger partial charge on any atom is -0.378 e. The van der Waals surface area contributed by atoms with Crippen molar-refractivity contribution in [2.45, 2.75) is 52.6 Å². The molecule has 0 bridgehead atoms. The fraction of sp³-hybridized carbons (Fsp3) is 0.947. The third-order valence-electron chi connectivity index (χ3n) is 5.23. The number of ether oxygens (including phenoxy) is 1. The molecule has 0 aromatic carbocycles. The predicted octanol–water partition coefficient (Wildman–Crippen LogP) is 3.05. The number of piperidine rings is 2. The summed E-state index contributed by atoms with van der Waals surface area (Å²) in [5.74, 6) is 2.76. The van der Waals surface area contributed by atoms with Crippen LogP contribution >= 0.6 is 24.0 Å². The zero-order valence-corrected chi connectivity index (χ0v) is 19.0. The highest BCUT2D eigenvalue weighted by atomic mass is 127. The molecule has 2 unspecified atom stereocenters. The maximum absolute atomic E-state index is 5.74. The molecule has 2 aliphatic heterocycles. The van der Waals surface area contributed by atoms with Gasteiger partial charge in [0.2, 0.25) is 0 Å². The number of hydrogen-bond donors (Lipinski definition) is 1. The first kappa shape index (κ1) is 23.0. The van der Waals surface area contributed by atoms with Crippen LogP contribution in [0.3, 0.4) is 0 Å². The van der Waals surface area contributed by atoms with Crippen LogP contribution in [0.15, 0.2) is 4.99 Å². The Labute approximate surface area is 172 Å². The second kappa shape index (κ2) is 12.3. The Hall–Kier alpha value is -0.0800. The van der Waals surface area contributed by atoms with Gasteiger partial charge in [-0.15, -0.1) is 24.0 Å². The highest BCUT2D eigenvalue weighted by Gasteiger charge is 2.22. The van der Waals surface area contributed by atoms with Crippen molar-refractivity contribution in [3.8, 4) is 0 Å². The molecule has 0 amide bonds. The Morgan fingerprint density at radius 1 is 1.16 bits per heavy atom. The molecule has 148 valence electrons. The van der Waals surface area contributed by atoms with E-state index < -0.39 is 0 Å². The van der Waals surface area contributed by atoms with Crippen molar-refractivity contribution in [2.24, 2.45) is 16.8 Å². The Morgan fingerprint density at radius 3 is 2.36 bits per heavy atom. The summed E-state index contributed by atoms with van der Waals surface area (Å²) in [4.78, 5) is 9.48. The number of nitrogens with zero attached hydrogens (tertiary/aromatic N) is 3. The van der Waals surface area contributed by atoms with Crippen molar-refractivity contribution in [3.63, 3.8) is 0 Å². The normalized spacial score (nSPS) is 26.4. The fourth-order valence-corrected chi connectivity index (χ4v) is 4.28. The minimum absolute atomic E-state index is 0. The molecule has 2 rings (SSSR count). The molecule has 2 saturated heterocycles. The van der Waals surface area contributed by atoms with E-state index in [4.69, 9.17) is 4.74 Å². The third kappa shape index (κ3) is 7.99. The molecule has 2 atom stereocenters. The molecular formula is C19H39IN4O. The van der Waals surface area contributed by atoms with Gasteiger partial charge in [0, 0.05) is 46.4 Å². The summed E-state index contributed by atoms with van der Waals surface area (Å²) in [6.07, 6.45) is 5.23. The van der Waals surface area contributed by atoms with Crippen molar-refractivity contribution in [1.29, 1.82) is 0 Å². The van der Waals surface area contributed by atoms with Crippen LogP contribution < -0.4 is 5.32 Å². The van der Waals surface area contributed by atoms with Crippen molar-refractivity contribution in [2.75, 3.05) is 52.9 Å². The van der Waals surface area contributed by atoms with E-state index in [9.17, 15) is 0 Å². The van der Waals surface area contributed by atoms with Gasteiger partial charge in [0.15, 0.2) is 5.96 Å². The van der Waals surface area contributed by atoms with Crippen LogP contribution in [0.5, 0.6) is 0 Å². The SMILES string of the molecule is CCOC1CCN(C(=NC)NCCCN2CC(C)CC(C)C2)CC1.I. The number of rotatable bonds is 6. The summed E-state index contributed by atoms with van der Waals surface area (Å²) in [5.41, 5.74) is 0. The van der Waals surface area contributed by atoms with Gasteiger partial charge in [0.1, 0.15) is 0 Å². The first-order chi connectivity index (χ1) is 11.6. The van der Waals surface area contributed by atoms with Crippen molar-refractivity contribution >= 4 is 29.9 Å². The average molecular weight is 466 g/mol. The molecule has 6 heteroatoms. The number of aliphatic imine (C=N–C) groups is 1. The Balaban J connectivity index is 0.00000312. The highest BCUT2D eigenvalue weighted by Crippen LogP contribution is 2.20. The van der Waals surface area contributed by atoms with Gasteiger partial charge < -0.3 is 19.9 Å². The van der Waals surface area contributed by atoms with Gasteiger partial charge in [0.25, 0.3) is 0 Å². The van der Waals surface area contributed by atoms with Gasteiger partial charge in [-0.2, -0.15) is 0 Å². The molecule has 5 nitrogen and oxygen atoms in total. The minimum atomic E-state index is 0. The van der Waals surface area contributed by atoms with E-state index in [0.29, 0.717) is 6.10 Å². The molecular weight excluding hydrogens is 427 g/mol. The van der Waals surface area contributed by atoms with Crippen LogP contribution in [0.1, 0.15) is 46.5 Å². The summed E-state index contributed by atoms with van der Waals surface area (Å²) in [7, 11) is 1.89.